The second kappa shape index (κ2) is 5.91. The third kappa shape index (κ3) is 2.54. The summed E-state index contributed by atoms with van der Waals surface area (Å²) in [6.45, 7) is 0. The Morgan fingerprint density at radius 3 is 2.60 bits per heavy atom. The Kier molecular flexibility index (Phi) is 4.18. The number of benzene rings is 2. The minimum Gasteiger partial charge on any atom is -0.0918 e. The lowest BCUT2D eigenvalue weighted by atomic mass is 9.68. The van der Waals surface area contributed by atoms with Crippen LogP contribution in [0.3, 0.4) is 0 Å². The molecule has 2 heteroatoms. The zero-order valence-electron chi connectivity index (χ0n) is 11.4. The highest BCUT2D eigenvalue weighted by molar-refractivity contribution is 9.09. The number of alkyl halides is 1. The van der Waals surface area contributed by atoms with Crippen molar-refractivity contribution in [2.75, 3.05) is 5.33 Å². The molecule has 1 unspecified atom stereocenters. The van der Waals surface area contributed by atoms with Crippen molar-refractivity contribution < 1.29 is 0 Å². The maximum absolute atomic E-state index is 6.37. The summed E-state index contributed by atoms with van der Waals surface area (Å²) in [5, 5.41) is 1.87. The third-order valence-electron chi connectivity index (χ3n) is 4.43. The minimum absolute atomic E-state index is 0.180. The first-order valence-electron chi connectivity index (χ1n) is 7.13. The molecule has 2 aromatic carbocycles. The van der Waals surface area contributed by atoms with E-state index in [0.717, 1.165) is 16.8 Å². The highest BCUT2D eigenvalue weighted by Crippen LogP contribution is 2.42. The molecular formula is C18H18BrCl. The molecule has 1 aliphatic carbocycles. The Morgan fingerprint density at radius 2 is 1.80 bits per heavy atom. The molecule has 0 fully saturated rings. The number of hydrogen-bond acceptors (Lipinski definition) is 0. The van der Waals surface area contributed by atoms with E-state index in [1.165, 1.54) is 36.0 Å². The van der Waals surface area contributed by atoms with Crippen molar-refractivity contribution in [2.24, 2.45) is 0 Å². The fraction of sp³-hybridized carbons (Fsp3) is 0.333. The first-order chi connectivity index (χ1) is 9.75. The molecule has 1 atom stereocenters. The maximum Gasteiger partial charge on any atom is 0.0438 e. The van der Waals surface area contributed by atoms with Crippen LogP contribution in [0.2, 0.25) is 5.02 Å². The Balaban J connectivity index is 2.03. The van der Waals surface area contributed by atoms with Crippen LogP contribution in [0.1, 0.15) is 29.5 Å². The number of halogens is 2. The molecule has 0 heterocycles. The normalized spacial score (nSPS) is 21.5. The molecule has 0 spiro atoms. The molecule has 3 rings (SSSR count). The van der Waals surface area contributed by atoms with Crippen LogP contribution in [-0.4, -0.2) is 5.33 Å². The molecule has 20 heavy (non-hydrogen) atoms. The van der Waals surface area contributed by atoms with E-state index in [2.05, 4.69) is 52.3 Å². The predicted octanol–water partition coefficient (Wildman–Crippen LogP) is 5.55. The Labute approximate surface area is 134 Å². The highest BCUT2D eigenvalue weighted by atomic mass is 79.9. The molecule has 0 nitrogen and oxygen atoms in total. The number of rotatable bonds is 3. The average Bonchev–Trinajstić information content (AvgIpc) is 2.50. The lowest BCUT2D eigenvalue weighted by Crippen LogP contribution is -2.35. The lowest BCUT2D eigenvalue weighted by molar-refractivity contribution is 0.401. The van der Waals surface area contributed by atoms with Crippen LogP contribution in [0.5, 0.6) is 0 Å². The van der Waals surface area contributed by atoms with Gasteiger partial charge in [0, 0.05) is 15.8 Å². The lowest BCUT2D eigenvalue weighted by Gasteiger charge is -2.38. The van der Waals surface area contributed by atoms with Crippen molar-refractivity contribution in [2.45, 2.75) is 31.1 Å². The predicted molar refractivity (Wildman–Crippen MR) is 90.0 cm³/mol. The van der Waals surface area contributed by atoms with Gasteiger partial charge >= 0.3 is 0 Å². The first kappa shape index (κ1) is 14.2. The SMILES string of the molecule is Clc1ccccc1CC1(CBr)CCCc2ccccc21. The molecule has 0 aliphatic heterocycles. The molecule has 0 saturated heterocycles. The molecule has 0 saturated carbocycles. The summed E-state index contributed by atoms with van der Waals surface area (Å²) in [6, 6.07) is 17.1. The molecule has 0 amide bonds. The van der Waals surface area contributed by atoms with E-state index < -0.39 is 0 Å². The van der Waals surface area contributed by atoms with Gasteiger partial charge in [0.05, 0.1) is 0 Å². The van der Waals surface area contributed by atoms with Gasteiger partial charge in [-0.1, -0.05) is 70.0 Å². The summed E-state index contributed by atoms with van der Waals surface area (Å²) >= 11 is 10.2. The number of hydrogen-bond donors (Lipinski definition) is 0. The van der Waals surface area contributed by atoms with Gasteiger partial charge in [-0.2, -0.15) is 0 Å². The summed E-state index contributed by atoms with van der Waals surface area (Å²) in [5.74, 6) is 0. The van der Waals surface area contributed by atoms with E-state index in [1.807, 2.05) is 12.1 Å². The maximum atomic E-state index is 6.37. The molecule has 104 valence electrons. The van der Waals surface area contributed by atoms with Crippen LogP contribution in [0.4, 0.5) is 0 Å². The summed E-state index contributed by atoms with van der Waals surface area (Å²) < 4.78 is 0. The van der Waals surface area contributed by atoms with Gasteiger partial charge in [0.2, 0.25) is 0 Å². The van der Waals surface area contributed by atoms with Crippen molar-refractivity contribution in [3.63, 3.8) is 0 Å². The fourth-order valence-corrected chi connectivity index (χ4v) is 4.37. The molecule has 0 bridgehead atoms. The Bertz CT molecular complexity index is 608. The topological polar surface area (TPSA) is 0 Å². The monoisotopic (exact) mass is 348 g/mol. The van der Waals surface area contributed by atoms with E-state index in [-0.39, 0.29) is 5.41 Å². The molecular weight excluding hydrogens is 332 g/mol. The van der Waals surface area contributed by atoms with Crippen LogP contribution >= 0.6 is 27.5 Å². The zero-order valence-corrected chi connectivity index (χ0v) is 13.8. The van der Waals surface area contributed by atoms with Gasteiger partial charge in [0.1, 0.15) is 0 Å². The number of aryl methyl sites for hydroxylation is 1. The third-order valence-corrected chi connectivity index (χ3v) is 5.87. The smallest absolute Gasteiger partial charge is 0.0438 e. The van der Waals surface area contributed by atoms with Crippen molar-refractivity contribution in [3.8, 4) is 0 Å². The van der Waals surface area contributed by atoms with Crippen molar-refractivity contribution >= 4 is 27.5 Å². The van der Waals surface area contributed by atoms with Crippen LogP contribution in [0, 0.1) is 0 Å². The van der Waals surface area contributed by atoms with E-state index >= 15 is 0 Å². The molecule has 1 aliphatic rings. The van der Waals surface area contributed by atoms with E-state index in [1.54, 1.807) is 0 Å². The van der Waals surface area contributed by atoms with Crippen LogP contribution < -0.4 is 0 Å². The van der Waals surface area contributed by atoms with Gasteiger partial charge in [0.25, 0.3) is 0 Å². The number of fused-ring (bicyclic) bond motifs is 1. The quantitative estimate of drug-likeness (QED) is 0.637. The van der Waals surface area contributed by atoms with Crippen LogP contribution in [-0.2, 0) is 18.3 Å². The second-order valence-electron chi connectivity index (χ2n) is 5.69. The average molecular weight is 350 g/mol. The summed E-state index contributed by atoms with van der Waals surface area (Å²) in [6.07, 6.45) is 4.69. The van der Waals surface area contributed by atoms with Gasteiger partial charge < -0.3 is 0 Å². The molecule has 0 aromatic heterocycles. The van der Waals surface area contributed by atoms with Gasteiger partial charge in [-0.15, -0.1) is 0 Å². The zero-order chi connectivity index (χ0) is 14.0. The summed E-state index contributed by atoms with van der Waals surface area (Å²) in [4.78, 5) is 0. The van der Waals surface area contributed by atoms with Gasteiger partial charge in [-0.3, -0.25) is 0 Å². The Hall–Kier alpha value is -0.790. The minimum atomic E-state index is 0.180. The van der Waals surface area contributed by atoms with Gasteiger partial charge in [-0.05, 0) is 48.4 Å². The standard InChI is InChI=1S/C18H18BrCl/c19-13-18(12-15-7-2-4-10-17(15)20)11-5-8-14-6-1-3-9-16(14)18/h1-4,6-7,9-10H,5,8,11-13H2. The highest BCUT2D eigenvalue weighted by Gasteiger charge is 2.35. The van der Waals surface area contributed by atoms with Crippen LogP contribution in [0.15, 0.2) is 48.5 Å². The van der Waals surface area contributed by atoms with Crippen molar-refractivity contribution in [3.05, 3.63) is 70.2 Å². The van der Waals surface area contributed by atoms with E-state index in [0.29, 0.717) is 0 Å². The largest absolute Gasteiger partial charge is 0.0918 e. The molecule has 0 N–H and O–H groups in total. The van der Waals surface area contributed by atoms with Gasteiger partial charge in [0.15, 0.2) is 0 Å². The Morgan fingerprint density at radius 1 is 1.05 bits per heavy atom. The van der Waals surface area contributed by atoms with Crippen LogP contribution in [0.25, 0.3) is 0 Å². The second-order valence-corrected chi connectivity index (χ2v) is 6.66. The van der Waals surface area contributed by atoms with E-state index in [9.17, 15) is 0 Å². The van der Waals surface area contributed by atoms with Crippen molar-refractivity contribution in [1.82, 2.24) is 0 Å². The molecule has 0 radical (unpaired) electrons. The first-order valence-corrected chi connectivity index (χ1v) is 8.63. The summed E-state index contributed by atoms with van der Waals surface area (Å²) in [7, 11) is 0. The van der Waals surface area contributed by atoms with Gasteiger partial charge in [-0.25, -0.2) is 0 Å². The van der Waals surface area contributed by atoms with E-state index in [4.69, 9.17) is 11.6 Å². The summed E-state index contributed by atoms with van der Waals surface area (Å²) in [5.41, 5.74) is 4.44. The fourth-order valence-electron chi connectivity index (χ4n) is 3.38. The molecule has 2 aromatic rings. The van der Waals surface area contributed by atoms with Crippen molar-refractivity contribution in [1.29, 1.82) is 0 Å².